The molecule has 1 saturated heterocycles. The highest BCUT2D eigenvalue weighted by Crippen LogP contribution is 2.38. The zero-order valence-electron chi connectivity index (χ0n) is 19.1. The van der Waals surface area contributed by atoms with E-state index in [9.17, 15) is 9.59 Å². The SMILES string of the molecule is COc1cc(CNC(=O)c2cc(=O)nc3sc(N4CCCC(C)C4)nn23)cc(OC)c1OC. The summed E-state index contributed by atoms with van der Waals surface area (Å²) in [6.07, 6.45) is 2.27. The Bertz CT molecular complexity index is 1200. The number of methoxy groups -OCH3 is 3. The third kappa shape index (κ3) is 4.72. The Balaban J connectivity index is 1.59. The van der Waals surface area contributed by atoms with Crippen LogP contribution >= 0.6 is 11.3 Å². The van der Waals surface area contributed by atoms with Gasteiger partial charge in [0.2, 0.25) is 15.8 Å². The molecule has 3 aromatic rings. The van der Waals surface area contributed by atoms with Crippen LogP contribution in [-0.2, 0) is 6.54 Å². The van der Waals surface area contributed by atoms with Crippen LogP contribution in [0.1, 0.15) is 35.8 Å². The smallest absolute Gasteiger partial charge is 0.274 e. The summed E-state index contributed by atoms with van der Waals surface area (Å²) in [4.78, 5) is 31.8. The van der Waals surface area contributed by atoms with Gasteiger partial charge in [0.15, 0.2) is 11.5 Å². The summed E-state index contributed by atoms with van der Waals surface area (Å²) in [6, 6.07) is 4.72. The molecule has 1 atom stereocenters. The molecule has 33 heavy (non-hydrogen) atoms. The Hall–Kier alpha value is -3.34. The van der Waals surface area contributed by atoms with Crippen molar-refractivity contribution in [2.75, 3.05) is 39.3 Å². The third-order valence-electron chi connectivity index (χ3n) is 5.58. The van der Waals surface area contributed by atoms with Crippen molar-refractivity contribution in [2.24, 2.45) is 5.92 Å². The number of nitrogens with one attached hydrogen (secondary N) is 1. The summed E-state index contributed by atoms with van der Waals surface area (Å²) in [6.45, 7) is 4.20. The maximum absolute atomic E-state index is 13.0. The molecule has 3 heterocycles. The van der Waals surface area contributed by atoms with Crippen LogP contribution in [0.15, 0.2) is 23.0 Å². The fraction of sp³-hybridized carbons (Fsp3) is 0.455. The molecule has 0 aliphatic carbocycles. The number of rotatable bonds is 7. The Morgan fingerprint density at radius 2 is 1.91 bits per heavy atom. The van der Waals surface area contributed by atoms with Crippen LogP contribution in [0.5, 0.6) is 17.2 Å². The predicted octanol–water partition coefficient (Wildman–Crippen LogP) is 2.34. The second kappa shape index (κ2) is 9.65. The van der Waals surface area contributed by atoms with Gasteiger partial charge in [-0.2, -0.15) is 9.50 Å². The van der Waals surface area contributed by atoms with Gasteiger partial charge in [0.05, 0.1) is 21.3 Å². The lowest BCUT2D eigenvalue weighted by atomic mass is 10.0. The van der Waals surface area contributed by atoms with Gasteiger partial charge in [0.1, 0.15) is 5.69 Å². The van der Waals surface area contributed by atoms with Gasteiger partial charge >= 0.3 is 0 Å². The largest absolute Gasteiger partial charge is 0.493 e. The summed E-state index contributed by atoms with van der Waals surface area (Å²) in [5, 5.41) is 8.21. The average molecular weight is 474 g/mol. The minimum Gasteiger partial charge on any atom is -0.493 e. The molecule has 10 nitrogen and oxygen atoms in total. The van der Waals surface area contributed by atoms with Crippen molar-refractivity contribution in [1.29, 1.82) is 0 Å². The minimum atomic E-state index is -0.477. The fourth-order valence-electron chi connectivity index (χ4n) is 3.97. The van der Waals surface area contributed by atoms with E-state index >= 15 is 0 Å². The zero-order chi connectivity index (χ0) is 23.5. The third-order valence-corrected chi connectivity index (χ3v) is 6.55. The summed E-state index contributed by atoms with van der Waals surface area (Å²) in [5.41, 5.74) is 0.414. The molecule has 0 bridgehead atoms. The number of hydrogen-bond donors (Lipinski definition) is 1. The lowest BCUT2D eigenvalue weighted by Gasteiger charge is -2.30. The van der Waals surface area contributed by atoms with E-state index in [0.717, 1.165) is 30.2 Å². The molecule has 1 N–H and O–H groups in total. The van der Waals surface area contributed by atoms with Crippen LogP contribution in [0.4, 0.5) is 5.13 Å². The standard InChI is InChI=1S/C22H27N5O5S/c1-13-6-5-7-26(12-13)22-25-27-15(10-18(28)24-21(27)33-22)20(29)23-11-14-8-16(30-2)19(32-4)17(9-14)31-3/h8-10,13H,5-7,11-12H2,1-4H3,(H,23,29). The van der Waals surface area contributed by atoms with Crippen molar-refractivity contribution in [1.82, 2.24) is 19.9 Å². The number of benzene rings is 1. The molecule has 0 saturated carbocycles. The molecular weight excluding hydrogens is 446 g/mol. The second-order valence-electron chi connectivity index (χ2n) is 7.97. The summed E-state index contributed by atoms with van der Waals surface area (Å²) in [5.74, 6) is 1.59. The molecule has 1 amide bonds. The molecule has 1 fully saturated rings. The van der Waals surface area contributed by atoms with Crippen molar-refractivity contribution in [3.8, 4) is 17.2 Å². The molecule has 1 aliphatic heterocycles. The van der Waals surface area contributed by atoms with Gasteiger partial charge in [-0.1, -0.05) is 18.3 Å². The highest BCUT2D eigenvalue weighted by molar-refractivity contribution is 7.20. The summed E-state index contributed by atoms with van der Waals surface area (Å²) in [7, 11) is 4.59. The van der Waals surface area contributed by atoms with Crippen LogP contribution in [-0.4, -0.2) is 54.9 Å². The number of aromatic nitrogens is 3. The molecule has 1 aliphatic rings. The van der Waals surface area contributed by atoms with Crippen LogP contribution in [0.25, 0.3) is 4.96 Å². The van der Waals surface area contributed by atoms with Crippen LogP contribution in [0.3, 0.4) is 0 Å². The molecule has 11 heteroatoms. The molecule has 0 spiro atoms. The van der Waals surface area contributed by atoms with Gasteiger partial charge in [0.25, 0.3) is 11.5 Å². The van der Waals surface area contributed by atoms with Gasteiger partial charge in [-0.25, -0.2) is 0 Å². The molecule has 1 unspecified atom stereocenters. The quantitative estimate of drug-likeness (QED) is 0.557. The number of ether oxygens (including phenoxy) is 3. The van der Waals surface area contributed by atoms with E-state index in [1.165, 1.54) is 49.7 Å². The Labute approximate surface area is 195 Å². The van der Waals surface area contributed by atoms with Gasteiger partial charge < -0.3 is 24.4 Å². The van der Waals surface area contributed by atoms with Crippen molar-refractivity contribution in [3.63, 3.8) is 0 Å². The molecule has 176 valence electrons. The van der Waals surface area contributed by atoms with Gasteiger partial charge in [-0.05, 0) is 36.5 Å². The van der Waals surface area contributed by atoms with Crippen LogP contribution < -0.4 is 30.0 Å². The maximum Gasteiger partial charge on any atom is 0.274 e. The van der Waals surface area contributed by atoms with Gasteiger partial charge in [0, 0.05) is 25.7 Å². The Morgan fingerprint density at radius 3 is 2.55 bits per heavy atom. The van der Waals surface area contributed by atoms with E-state index in [1.807, 2.05) is 0 Å². The molecule has 0 radical (unpaired) electrons. The molecule has 4 rings (SSSR count). The molecule has 1 aromatic carbocycles. The number of piperidine rings is 1. The minimum absolute atomic E-state index is 0.144. The van der Waals surface area contributed by atoms with Crippen molar-refractivity contribution in [2.45, 2.75) is 26.3 Å². The number of amides is 1. The summed E-state index contributed by atoms with van der Waals surface area (Å²) >= 11 is 1.32. The van der Waals surface area contributed by atoms with Crippen molar-refractivity contribution >= 4 is 27.3 Å². The first-order chi connectivity index (χ1) is 15.9. The van der Waals surface area contributed by atoms with Gasteiger partial charge in [-0.3, -0.25) is 9.59 Å². The summed E-state index contributed by atoms with van der Waals surface area (Å²) < 4.78 is 17.5. The van der Waals surface area contributed by atoms with Crippen molar-refractivity contribution in [3.05, 3.63) is 39.8 Å². The first-order valence-corrected chi connectivity index (χ1v) is 11.5. The van der Waals surface area contributed by atoms with E-state index in [-0.39, 0.29) is 12.2 Å². The predicted molar refractivity (Wildman–Crippen MR) is 125 cm³/mol. The zero-order valence-corrected chi connectivity index (χ0v) is 19.9. The fourth-order valence-corrected chi connectivity index (χ4v) is 4.91. The first-order valence-electron chi connectivity index (χ1n) is 10.7. The van der Waals surface area contributed by atoms with Crippen LogP contribution in [0.2, 0.25) is 0 Å². The number of hydrogen-bond acceptors (Lipinski definition) is 9. The lowest BCUT2D eigenvalue weighted by molar-refractivity contribution is 0.0943. The van der Waals surface area contributed by atoms with Crippen molar-refractivity contribution < 1.29 is 19.0 Å². The number of nitrogens with zero attached hydrogens (tertiary/aromatic N) is 4. The normalized spacial score (nSPS) is 16.0. The Kier molecular flexibility index (Phi) is 6.68. The number of fused-ring (bicyclic) bond motifs is 1. The molecular formula is C22H27N5O5S. The number of carbonyl (C=O) groups excluding carboxylic acids is 1. The van der Waals surface area contributed by atoms with E-state index in [2.05, 4.69) is 27.2 Å². The van der Waals surface area contributed by atoms with E-state index in [0.29, 0.717) is 28.1 Å². The monoisotopic (exact) mass is 473 g/mol. The Morgan fingerprint density at radius 1 is 1.18 bits per heavy atom. The molecule has 2 aromatic heterocycles. The van der Waals surface area contributed by atoms with E-state index in [4.69, 9.17) is 14.2 Å². The van der Waals surface area contributed by atoms with E-state index < -0.39 is 11.5 Å². The maximum atomic E-state index is 13.0. The first kappa shape index (κ1) is 22.8. The van der Waals surface area contributed by atoms with E-state index in [1.54, 1.807) is 12.1 Å². The number of anilines is 1. The average Bonchev–Trinajstić information content (AvgIpc) is 3.25. The van der Waals surface area contributed by atoms with Gasteiger partial charge in [-0.15, -0.1) is 5.10 Å². The second-order valence-corrected chi connectivity index (χ2v) is 8.90. The topological polar surface area (TPSA) is 107 Å². The lowest BCUT2D eigenvalue weighted by Crippen LogP contribution is -2.34. The highest BCUT2D eigenvalue weighted by atomic mass is 32.1. The van der Waals surface area contributed by atoms with Crippen LogP contribution in [0, 0.1) is 5.92 Å². The highest BCUT2D eigenvalue weighted by Gasteiger charge is 2.22. The number of carbonyl (C=O) groups is 1.